The van der Waals surface area contributed by atoms with E-state index in [2.05, 4.69) is 24.4 Å². The predicted molar refractivity (Wildman–Crippen MR) is 106 cm³/mol. The van der Waals surface area contributed by atoms with E-state index in [1.54, 1.807) is 16.7 Å². The summed E-state index contributed by atoms with van der Waals surface area (Å²) in [4.78, 5) is 24.1. The summed E-state index contributed by atoms with van der Waals surface area (Å²) >= 11 is 0. The van der Waals surface area contributed by atoms with Gasteiger partial charge in [0, 0.05) is 30.4 Å². The van der Waals surface area contributed by atoms with Crippen molar-refractivity contribution < 1.29 is 15.0 Å². The average Bonchev–Trinajstić information content (AvgIpc) is 3.45. The molecule has 3 N–H and O–H groups in total. The zero-order chi connectivity index (χ0) is 19.6. The fourth-order valence-corrected chi connectivity index (χ4v) is 4.18. The van der Waals surface area contributed by atoms with E-state index in [0.29, 0.717) is 17.1 Å². The first kappa shape index (κ1) is 17.0. The summed E-state index contributed by atoms with van der Waals surface area (Å²) in [6, 6.07) is 9.88. The van der Waals surface area contributed by atoms with Crippen LogP contribution in [0.2, 0.25) is 0 Å². The van der Waals surface area contributed by atoms with Crippen molar-refractivity contribution in [2.24, 2.45) is 0 Å². The highest BCUT2D eigenvalue weighted by Gasteiger charge is 2.29. The molecular formula is C22H20N2O4. The minimum Gasteiger partial charge on any atom is -0.505 e. The molecule has 28 heavy (non-hydrogen) atoms. The number of phenols is 1. The van der Waals surface area contributed by atoms with Crippen LogP contribution in [-0.4, -0.2) is 20.7 Å². The van der Waals surface area contributed by atoms with E-state index in [0.717, 1.165) is 24.9 Å². The molecule has 1 atom stereocenters. The van der Waals surface area contributed by atoms with Crippen LogP contribution in [0.4, 0.5) is 0 Å². The van der Waals surface area contributed by atoms with Gasteiger partial charge >= 0.3 is 5.97 Å². The third kappa shape index (κ3) is 2.45. The van der Waals surface area contributed by atoms with Crippen LogP contribution in [-0.2, 0) is 6.54 Å². The number of nitrogens with one attached hydrogen (secondary N) is 1. The van der Waals surface area contributed by atoms with Crippen molar-refractivity contribution in [3.05, 3.63) is 63.4 Å². The molecular weight excluding hydrogens is 356 g/mol. The molecule has 0 spiro atoms. The lowest BCUT2D eigenvalue weighted by atomic mass is 9.96. The Bertz CT molecular complexity index is 1210. The number of hydrogen-bond donors (Lipinski definition) is 3. The molecule has 5 rings (SSSR count). The molecule has 1 fully saturated rings. The van der Waals surface area contributed by atoms with Gasteiger partial charge in [0.25, 0.3) is 0 Å². The number of aromatic carboxylic acids is 1. The minimum absolute atomic E-state index is 0.0254. The standard InChI is InChI=1S/C22H20N2O4/c1-11-15-5-2-12(8-13(15)9-23-11)16-6-7-17-19(21(16)26)24(14-3-4-14)10-18(20(17)25)22(27)28/h2,5-8,10-11,14,23,26H,3-4,9H2,1H3,(H,27,28). The first-order chi connectivity index (χ1) is 13.5. The van der Waals surface area contributed by atoms with Crippen LogP contribution in [0.1, 0.15) is 53.3 Å². The fourth-order valence-electron chi connectivity index (χ4n) is 4.18. The number of phenolic OH excluding ortho intramolecular Hbond substituents is 1. The molecule has 6 heteroatoms. The quantitative estimate of drug-likeness (QED) is 0.650. The Kier molecular flexibility index (Phi) is 3.61. The Hall–Kier alpha value is -3.12. The minimum atomic E-state index is -1.25. The summed E-state index contributed by atoms with van der Waals surface area (Å²) in [5.74, 6) is -1.22. The van der Waals surface area contributed by atoms with Gasteiger partial charge in [0.1, 0.15) is 11.3 Å². The lowest BCUT2D eigenvalue weighted by Gasteiger charge is -2.16. The van der Waals surface area contributed by atoms with E-state index < -0.39 is 11.4 Å². The number of carboxylic acid groups (broad SMARTS) is 1. The molecule has 6 nitrogen and oxygen atoms in total. The van der Waals surface area contributed by atoms with Crippen LogP contribution in [0, 0.1) is 0 Å². The maximum atomic E-state index is 12.6. The summed E-state index contributed by atoms with van der Waals surface area (Å²) in [6.45, 7) is 2.90. The molecule has 142 valence electrons. The van der Waals surface area contributed by atoms with Crippen LogP contribution < -0.4 is 10.7 Å². The number of hydrogen-bond acceptors (Lipinski definition) is 4. The molecule has 2 heterocycles. The van der Waals surface area contributed by atoms with Crippen LogP contribution in [0.3, 0.4) is 0 Å². The summed E-state index contributed by atoms with van der Waals surface area (Å²) < 4.78 is 1.76. The van der Waals surface area contributed by atoms with E-state index in [-0.39, 0.29) is 22.7 Å². The van der Waals surface area contributed by atoms with Gasteiger partial charge in [-0.3, -0.25) is 4.79 Å². The molecule has 3 aromatic rings. The second-order valence-corrected chi connectivity index (χ2v) is 7.69. The summed E-state index contributed by atoms with van der Waals surface area (Å²) in [6.07, 6.45) is 3.19. The Morgan fingerprint density at radius 1 is 1.21 bits per heavy atom. The first-order valence-corrected chi connectivity index (χ1v) is 9.46. The zero-order valence-electron chi connectivity index (χ0n) is 15.4. The van der Waals surface area contributed by atoms with Gasteiger partial charge in [0.2, 0.25) is 5.43 Å². The highest BCUT2D eigenvalue weighted by atomic mass is 16.4. The number of benzene rings is 2. The van der Waals surface area contributed by atoms with Gasteiger partial charge in [0.15, 0.2) is 0 Å². The number of aromatic hydroxyl groups is 1. The van der Waals surface area contributed by atoms with Gasteiger partial charge < -0.3 is 20.1 Å². The van der Waals surface area contributed by atoms with Crippen LogP contribution in [0.15, 0.2) is 41.3 Å². The normalized spacial score (nSPS) is 18.4. The second-order valence-electron chi connectivity index (χ2n) is 7.69. The molecule has 0 saturated heterocycles. The van der Waals surface area contributed by atoms with Crippen molar-refractivity contribution in [3.8, 4) is 16.9 Å². The van der Waals surface area contributed by atoms with Crippen molar-refractivity contribution in [1.82, 2.24) is 9.88 Å². The van der Waals surface area contributed by atoms with Crippen molar-refractivity contribution in [1.29, 1.82) is 0 Å². The SMILES string of the molecule is CC1NCc2cc(-c3ccc4c(=O)c(C(=O)O)cn(C5CC5)c4c3O)ccc21. The highest BCUT2D eigenvalue weighted by Crippen LogP contribution is 2.42. The number of fused-ring (bicyclic) bond motifs is 2. The monoisotopic (exact) mass is 376 g/mol. The molecule has 2 aliphatic rings. The van der Waals surface area contributed by atoms with Crippen LogP contribution in [0.25, 0.3) is 22.0 Å². The van der Waals surface area contributed by atoms with Crippen LogP contribution in [0.5, 0.6) is 5.75 Å². The number of rotatable bonds is 3. The number of pyridine rings is 1. The molecule has 1 saturated carbocycles. The van der Waals surface area contributed by atoms with Crippen molar-refractivity contribution in [2.75, 3.05) is 0 Å². The Morgan fingerprint density at radius 3 is 2.71 bits per heavy atom. The summed E-state index contributed by atoms with van der Waals surface area (Å²) in [7, 11) is 0. The Morgan fingerprint density at radius 2 is 2.00 bits per heavy atom. The lowest BCUT2D eigenvalue weighted by molar-refractivity contribution is 0.0695. The third-order valence-corrected chi connectivity index (χ3v) is 5.86. The molecule has 2 aromatic carbocycles. The molecule has 0 radical (unpaired) electrons. The number of aromatic nitrogens is 1. The van der Waals surface area contributed by atoms with Crippen molar-refractivity contribution in [2.45, 2.75) is 38.4 Å². The fraction of sp³-hybridized carbons (Fsp3) is 0.273. The van der Waals surface area contributed by atoms with Gasteiger partial charge in [-0.15, -0.1) is 0 Å². The van der Waals surface area contributed by atoms with Gasteiger partial charge in [-0.25, -0.2) is 4.79 Å². The first-order valence-electron chi connectivity index (χ1n) is 9.46. The predicted octanol–water partition coefficient (Wildman–Crippen LogP) is 3.57. The van der Waals surface area contributed by atoms with Crippen molar-refractivity contribution >= 4 is 16.9 Å². The van der Waals surface area contributed by atoms with E-state index in [4.69, 9.17) is 0 Å². The number of carbonyl (C=O) groups is 1. The number of carboxylic acids is 1. The molecule has 1 aliphatic heterocycles. The summed E-state index contributed by atoms with van der Waals surface area (Å²) in [5.41, 5.74) is 3.58. The van der Waals surface area contributed by atoms with E-state index in [9.17, 15) is 19.8 Å². The van der Waals surface area contributed by atoms with Gasteiger partial charge in [-0.05, 0) is 54.7 Å². The molecule has 1 aromatic heterocycles. The van der Waals surface area contributed by atoms with Gasteiger partial charge in [-0.1, -0.05) is 12.1 Å². The van der Waals surface area contributed by atoms with Gasteiger partial charge in [-0.2, -0.15) is 0 Å². The molecule has 0 amide bonds. The summed E-state index contributed by atoms with van der Waals surface area (Å²) in [5, 5.41) is 24.1. The van der Waals surface area contributed by atoms with Crippen LogP contribution >= 0.6 is 0 Å². The maximum absolute atomic E-state index is 12.6. The molecule has 0 bridgehead atoms. The van der Waals surface area contributed by atoms with E-state index in [1.807, 2.05) is 6.07 Å². The topological polar surface area (TPSA) is 91.6 Å². The van der Waals surface area contributed by atoms with Crippen molar-refractivity contribution in [3.63, 3.8) is 0 Å². The number of nitrogens with zero attached hydrogens (tertiary/aromatic N) is 1. The largest absolute Gasteiger partial charge is 0.505 e. The molecule has 1 aliphatic carbocycles. The van der Waals surface area contributed by atoms with E-state index in [1.165, 1.54) is 17.3 Å². The Balaban J connectivity index is 1.76. The lowest BCUT2D eigenvalue weighted by Crippen LogP contribution is -2.18. The average molecular weight is 376 g/mol. The van der Waals surface area contributed by atoms with Gasteiger partial charge in [0.05, 0.1) is 10.9 Å². The third-order valence-electron chi connectivity index (χ3n) is 5.86. The molecule has 1 unspecified atom stereocenters. The second kappa shape index (κ2) is 5.94. The zero-order valence-corrected chi connectivity index (χ0v) is 15.4. The maximum Gasteiger partial charge on any atom is 0.341 e. The van der Waals surface area contributed by atoms with E-state index >= 15 is 0 Å². The highest BCUT2D eigenvalue weighted by molar-refractivity contribution is 5.97. The smallest absolute Gasteiger partial charge is 0.341 e. The Labute approximate surface area is 161 Å².